The molecule has 8 nitrogen and oxygen atoms in total. The molecule has 0 saturated heterocycles. The van der Waals surface area contributed by atoms with Crippen molar-refractivity contribution in [2.45, 2.75) is 33.4 Å². The lowest BCUT2D eigenvalue weighted by Gasteiger charge is -2.12. The number of anilines is 1. The van der Waals surface area contributed by atoms with Crippen LogP contribution in [-0.2, 0) is 17.9 Å². The van der Waals surface area contributed by atoms with Crippen LogP contribution in [0.5, 0.6) is 0 Å². The largest absolute Gasteiger partial charge is 0.352 e. The molecule has 33 heavy (non-hydrogen) atoms. The number of aryl methyl sites for hydroxylation is 2. The van der Waals surface area contributed by atoms with E-state index in [1.54, 1.807) is 42.9 Å². The van der Waals surface area contributed by atoms with E-state index in [0.717, 1.165) is 13.0 Å². The minimum absolute atomic E-state index is 0.271. The minimum Gasteiger partial charge on any atom is -0.352 e. The first kappa shape index (κ1) is 22.2. The van der Waals surface area contributed by atoms with Crippen LogP contribution >= 0.6 is 0 Å². The first-order chi connectivity index (χ1) is 16.0. The number of benzene rings is 2. The normalized spacial score (nSPS) is 11.0. The third kappa shape index (κ3) is 4.77. The number of aromatic nitrogens is 4. The van der Waals surface area contributed by atoms with Crippen molar-refractivity contribution in [2.75, 3.05) is 11.9 Å². The minimum atomic E-state index is -0.389. The Bertz CT molecular complexity index is 1300. The molecule has 0 aliphatic rings. The van der Waals surface area contributed by atoms with Gasteiger partial charge < -0.3 is 19.8 Å². The second kappa shape index (κ2) is 9.64. The Balaban J connectivity index is 1.67. The van der Waals surface area contributed by atoms with Crippen LogP contribution in [0.25, 0.3) is 22.4 Å². The van der Waals surface area contributed by atoms with Gasteiger partial charge in [-0.2, -0.15) is 0 Å². The quantitative estimate of drug-likeness (QED) is 0.401. The van der Waals surface area contributed by atoms with Gasteiger partial charge in [0.05, 0.1) is 28.6 Å². The molecule has 2 amide bonds. The summed E-state index contributed by atoms with van der Waals surface area (Å²) in [6.07, 6.45) is 6.05. The summed E-state index contributed by atoms with van der Waals surface area (Å²) in [5.74, 6) is -0.493. The molecule has 4 rings (SSSR count). The predicted octanol–water partition coefficient (Wildman–Crippen LogP) is 3.84. The van der Waals surface area contributed by atoms with Crippen LogP contribution in [-0.4, -0.2) is 37.5 Å². The predicted molar refractivity (Wildman–Crippen MR) is 124 cm³/mol. The zero-order chi connectivity index (χ0) is 23.4. The number of carbonyl (C=O) groups excluding carboxylic acids is 2. The van der Waals surface area contributed by atoms with Gasteiger partial charge in [0.15, 0.2) is 0 Å². The van der Waals surface area contributed by atoms with Gasteiger partial charge in [0, 0.05) is 44.5 Å². The zero-order valence-corrected chi connectivity index (χ0v) is 18.5. The number of halogens is 1. The molecule has 0 aliphatic heterocycles. The van der Waals surface area contributed by atoms with Gasteiger partial charge in [0.2, 0.25) is 5.91 Å². The number of hydrogen-bond acceptors (Lipinski definition) is 4. The van der Waals surface area contributed by atoms with Gasteiger partial charge in [-0.3, -0.25) is 9.59 Å². The van der Waals surface area contributed by atoms with E-state index in [9.17, 15) is 14.0 Å². The molecule has 0 unspecified atom stereocenters. The molecule has 4 aromatic rings. The van der Waals surface area contributed by atoms with E-state index < -0.39 is 0 Å². The molecule has 0 atom stereocenters. The van der Waals surface area contributed by atoms with E-state index in [-0.39, 0.29) is 17.6 Å². The first-order valence-electron chi connectivity index (χ1n) is 10.8. The Morgan fingerprint density at radius 3 is 2.70 bits per heavy atom. The van der Waals surface area contributed by atoms with Crippen molar-refractivity contribution < 1.29 is 14.0 Å². The summed E-state index contributed by atoms with van der Waals surface area (Å²) >= 11 is 0. The highest BCUT2D eigenvalue weighted by Crippen LogP contribution is 2.32. The van der Waals surface area contributed by atoms with Crippen molar-refractivity contribution in [3.05, 3.63) is 66.5 Å². The third-order valence-electron chi connectivity index (χ3n) is 5.28. The lowest BCUT2D eigenvalue weighted by Crippen LogP contribution is -2.25. The van der Waals surface area contributed by atoms with Crippen molar-refractivity contribution >= 4 is 28.5 Å². The van der Waals surface area contributed by atoms with Crippen LogP contribution in [0, 0.1) is 5.82 Å². The number of nitrogens with one attached hydrogen (secondary N) is 2. The Kier molecular flexibility index (Phi) is 6.48. The Morgan fingerprint density at radius 1 is 1.18 bits per heavy atom. The van der Waals surface area contributed by atoms with Gasteiger partial charge in [0.25, 0.3) is 5.91 Å². The van der Waals surface area contributed by atoms with Crippen LogP contribution in [0.3, 0.4) is 0 Å². The molecule has 2 aromatic heterocycles. The smallest absolute Gasteiger partial charge is 0.251 e. The molecule has 0 fully saturated rings. The summed E-state index contributed by atoms with van der Waals surface area (Å²) in [6.45, 7) is 5.05. The second-order valence-electron chi connectivity index (χ2n) is 7.64. The second-order valence-corrected chi connectivity index (χ2v) is 7.64. The van der Waals surface area contributed by atoms with Crippen molar-refractivity contribution in [3.63, 3.8) is 0 Å². The number of hydrogen-bond donors (Lipinski definition) is 2. The van der Waals surface area contributed by atoms with E-state index in [0.29, 0.717) is 46.8 Å². The number of fused-ring (bicyclic) bond motifs is 1. The fourth-order valence-corrected chi connectivity index (χ4v) is 3.83. The average Bonchev–Trinajstić information content (AvgIpc) is 3.44. The lowest BCUT2D eigenvalue weighted by atomic mass is 10.1. The van der Waals surface area contributed by atoms with Crippen LogP contribution in [0.4, 0.5) is 10.1 Å². The summed E-state index contributed by atoms with van der Waals surface area (Å²) in [6, 6.07) is 9.71. The number of rotatable bonds is 8. The number of amides is 2. The van der Waals surface area contributed by atoms with Crippen LogP contribution in [0.1, 0.15) is 30.6 Å². The van der Waals surface area contributed by atoms with Gasteiger partial charge in [-0.15, -0.1) is 0 Å². The van der Waals surface area contributed by atoms with E-state index in [1.807, 2.05) is 22.3 Å². The topological polar surface area (TPSA) is 93.8 Å². The van der Waals surface area contributed by atoms with Gasteiger partial charge in [0.1, 0.15) is 11.6 Å². The fraction of sp³-hybridized carbons (Fsp3) is 0.250. The Morgan fingerprint density at radius 2 is 2.00 bits per heavy atom. The molecule has 0 saturated carbocycles. The highest BCUT2D eigenvalue weighted by Gasteiger charge is 2.20. The molecule has 0 spiro atoms. The van der Waals surface area contributed by atoms with Crippen molar-refractivity contribution in [1.29, 1.82) is 0 Å². The number of imidazole rings is 2. The first-order valence-corrected chi connectivity index (χ1v) is 10.8. The van der Waals surface area contributed by atoms with Crippen LogP contribution in [0.15, 0.2) is 55.1 Å². The SMILES string of the molecule is CCn1c(-c2ccccc2F)nc2cc(C(=O)NCCCn3ccnc3)cc(NC(C)=O)c21. The van der Waals surface area contributed by atoms with E-state index in [1.165, 1.54) is 13.0 Å². The highest BCUT2D eigenvalue weighted by atomic mass is 19.1. The third-order valence-corrected chi connectivity index (χ3v) is 5.28. The lowest BCUT2D eigenvalue weighted by molar-refractivity contribution is -0.114. The monoisotopic (exact) mass is 448 g/mol. The molecular formula is C24H25FN6O2. The Hall–Kier alpha value is -4.01. The van der Waals surface area contributed by atoms with Crippen molar-refractivity contribution in [3.8, 4) is 11.4 Å². The number of nitrogens with zero attached hydrogens (tertiary/aromatic N) is 4. The molecule has 0 aliphatic carbocycles. The van der Waals surface area contributed by atoms with E-state index >= 15 is 0 Å². The summed E-state index contributed by atoms with van der Waals surface area (Å²) < 4.78 is 18.3. The molecule has 0 radical (unpaired) electrons. The molecular weight excluding hydrogens is 423 g/mol. The summed E-state index contributed by atoms with van der Waals surface area (Å²) in [7, 11) is 0. The average molecular weight is 449 g/mol. The van der Waals surface area contributed by atoms with Crippen molar-refractivity contribution in [2.24, 2.45) is 0 Å². The van der Waals surface area contributed by atoms with Crippen LogP contribution < -0.4 is 10.6 Å². The molecule has 9 heteroatoms. The van der Waals surface area contributed by atoms with Crippen LogP contribution in [0.2, 0.25) is 0 Å². The molecule has 170 valence electrons. The van der Waals surface area contributed by atoms with Gasteiger partial charge in [-0.25, -0.2) is 14.4 Å². The number of carbonyl (C=O) groups is 2. The standard InChI is InChI=1S/C24H25FN6O2/c1-3-31-22-20(28-16(2)32)13-17(24(33)27-9-6-11-30-12-10-26-15-30)14-21(22)29-23(31)18-7-4-5-8-19(18)25/h4-5,7-8,10,12-15H,3,6,9,11H2,1-2H3,(H,27,33)(H,28,32). The maximum absolute atomic E-state index is 14.5. The van der Waals surface area contributed by atoms with Gasteiger partial charge >= 0.3 is 0 Å². The maximum atomic E-state index is 14.5. The fourth-order valence-electron chi connectivity index (χ4n) is 3.83. The summed E-state index contributed by atoms with van der Waals surface area (Å²) in [5.41, 5.74) is 2.33. The van der Waals surface area contributed by atoms with E-state index in [2.05, 4.69) is 20.6 Å². The molecule has 2 heterocycles. The summed E-state index contributed by atoms with van der Waals surface area (Å²) in [5, 5.41) is 5.70. The molecule has 2 N–H and O–H groups in total. The maximum Gasteiger partial charge on any atom is 0.251 e. The summed E-state index contributed by atoms with van der Waals surface area (Å²) in [4.78, 5) is 33.4. The zero-order valence-electron chi connectivity index (χ0n) is 18.5. The van der Waals surface area contributed by atoms with Crippen molar-refractivity contribution in [1.82, 2.24) is 24.4 Å². The molecule has 0 bridgehead atoms. The van der Waals surface area contributed by atoms with Gasteiger partial charge in [-0.1, -0.05) is 12.1 Å². The molecule has 2 aromatic carbocycles. The Labute approximate surface area is 190 Å². The van der Waals surface area contributed by atoms with E-state index in [4.69, 9.17) is 0 Å². The highest BCUT2D eigenvalue weighted by molar-refractivity contribution is 6.05. The van der Waals surface area contributed by atoms with Gasteiger partial charge in [-0.05, 0) is 37.6 Å².